The van der Waals surface area contributed by atoms with Gasteiger partial charge in [0.1, 0.15) is 0 Å². The molecule has 0 spiro atoms. The monoisotopic (exact) mass is 196 g/mol. The molecule has 14 heavy (non-hydrogen) atoms. The Morgan fingerprint density at radius 3 is 2.57 bits per heavy atom. The van der Waals surface area contributed by atoms with E-state index in [0.29, 0.717) is 13.0 Å². The molecular formula is C12H20O2. The van der Waals surface area contributed by atoms with E-state index >= 15 is 0 Å². The second-order valence-electron chi connectivity index (χ2n) is 3.53. The summed E-state index contributed by atoms with van der Waals surface area (Å²) >= 11 is 0. The molecular weight excluding hydrogens is 176 g/mol. The third-order valence-electron chi connectivity index (χ3n) is 1.79. The number of esters is 1. The molecule has 0 atom stereocenters. The standard InChI is InChI=1S/C12H20O2/c1-5-14-12(13)9-11(4)8-6-7-10(2)3/h8H,2,5-7,9H2,1,3-4H3/b11-8-. The van der Waals surface area contributed by atoms with Gasteiger partial charge in [-0.1, -0.05) is 17.2 Å². The van der Waals surface area contributed by atoms with Gasteiger partial charge in [-0.25, -0.2) is 0 Å². The smallest absolute Gasteiger partial charge is 0.309 e. The predicted octanol–water partition coefficient (Wildman–Crippen LogP) is 3.24. The molecule has 2 heteroatoms. The molecule has 0 amide bonds. The van der Waals surface area contributed by atoms with Gasteiger partial charge in [0.15, 0.2) is 0 Å². The zero-order valence-electron chi connectivity index (χ0n) is 9.43. The van der Waals surface area contributed by atoms with Crippen LogP contribution in [0.2, 0.25) is 0 Å². The van der Waals surface area contributed by atoms with Crippen LogP contribution in [0.1, 0.15) is 40.0 Å². The van der Waals surface area contributed by atoms with Crippen molar-refractivity contribution in [2.24, 2.45) is 0 Å². The second kappa shape index (κ2) is 7.36. The normalized spacial score (nSPS) is 11.2. The Bertz CT molecular complexity index is 226. The fourth-order valence-corrected chi connectivity index (χ4v) is 1.08. The minimum absolute atomic E-state index is 0.142. The highest BCUT2D eigenvalue weighted by Crippen LogP contribution is 2.07. The minimum atomic E-state index is -0.142. The Kier molecular flexibility index (Phi) is 6.81. The summed E-state index contributed by atoms with van der Waals surface area (Å²) in [4.78, 5) is 11.1. The van der Waals surface area contributed by atoms with Crippen LogP contribution in [0.5, 0.6) is 0 Å². The summed E-state index contributed by atoms with van der Waals surface area (Å²) in [7, 11) is 0. The molecule has 80 valence electrons. The van der Waals surface area contributed by atoms with E-state index in [0.717, 1.165) is 18.4 Å². The zero-order valence-corrected chi connectivity index (χ0v) is 9.43. The Morgan fingerprint density at radius 2 is 2.07 bits per heavy atom. The Balaban J connectivity index is 3.76. The fourth-order valence-electron chi connectivity index (χ4n) is 1.08. The molecule has 0 aromatic carbocycles. The van der Waals surface area contributed by atoms with E-state index in [2.05, 4.69) is 12.7 Å². The first kappa shape index (κ1) is 12.9. The Morgan fingerprint density at radius 1 is 1.43 bits per heavy atom. The maximum atomic E-state index is 11.1. The summed E-state index contributed by atoms with van der Waals surface area (Å²) in [6.07, 6.45) is 4.43. The molecule has 0 saturated carbocycles. The summed E-state index contributed by atoms with van der Waals surface area (Å²) in [6, 6.07) is 0. The van der Waals surface area contributed by atoms with Crippen LogP contribution in [0.4, 0.5) is 0 Å². The van der Waals surface area contributed by atoms with Gasteiger partial charge >= 0.3 is 5.97 Å². The van der Waals surface area contributed by atoms with Gasteiger partial charge in [0, 0.05) is 0 Å². The summed E-state index contributed by atoms with van der Waals surface area (Å²) in [5.74, 6) is -0.142. The molecule has 0 fully saturated rings. The quantitative estimate of drug-likeness (QED) is 0.481. The van der Waals surface area contributed by atoms with E-state index in [1.807, 2.05) is 20.8 Å². The maximum absolute atomic E-state index is 11.1. The van der Waals surface area contributed by atoms with E-state index in [4.69, 9.17) is 4.74 Å². The van der Waals surface area contributed by atoms with Crippen LogP contribution in [0, 0.1) is 0 Å². The van der Waals surface area contributed by atoms with E-state index in [1.54, 1.807) is 0 Å². The first-order chi connectivity index (χ1) is 6.56. The van der Waals surface area contributed by atoms with Gasteiger partial charge in [-0.05, 0) is 33.6 Å². The lowest BCUT2D eigenvalue weighted by molar-refractivity contribution is -0.142. The predicted molar refractivity (Wildman–Crippen MR) is 59.1 cm³/mol. The highest BCUT2D eigenvalue weighted by atomic mass is 16.5. The number of allylic oxidation sites excluding steroid dienone is 2. The van der Waals surface area contributed by atoms with Gasteiger partial charge in [0.05, 0.1) is 13.0 Å². The second-order valence-corrected chi connectivity index (χ2v) is 3.53. The lowest BCUT2D eigenvalue weighted by atomic mass is 10.1. The molecule has 0 saturated heterocycles. The summed E-state index contributed by atoms with van der Waals surface area (Å²) in [5.41, 5.74) is 2.25. The number of hydrogen-bond donors (Lipinski definition) is 0. The van der Waals surface area contributed by atoms with Gasteiger partial charge in [-0.15, -0.1) is 6.58 Å². The minimum Gasteiger partial charge on any atom is -0.466 e. The topological polar surface area (TPSA) is 26.3 Å². The number of ether oxygens (including phenoxy) is 1. The lowest BCUT2D eigenvalue weighted by Crippen LogP contribution is -2.03. The molecule has 0 heterocycles. The third kappa shape index (κ3) is 7.59. The molecule has 0 aliphatic heterocycles. The van der Waals surface area contributed by atoms with Gasteiger partial charge in [-0.2, -0.15) is 0 Å². The number of rotatable bonds is 6. The van der Waals surface area contributed by atoms with Crippen molar-refractivity contribution in [2.75, 3.05) is 6.61 Å². The third-order valence-corrected chi connectivity index (χ3v) is 1.79. The number of hydrogen-bond acceptors (Lipinski definition) is 2. The molecule has 0 bridgehead atoms. The molecule has 0 unspecified atom stereocenters. The van der Waals surface area contributed by atoms with Crippen LogP contribution >= 0.6 is 0 Å². The lowest BCUT2D eigenvalue weighted by Gasteiger charge is -2.02. The van der Waals surface area contributed by atoms with Crippen molar-refractivity contribution in [3.8, 4) is 0 Å². The van der Waals surface area contributed by atoms with Crippen LogP contribution in [-0.2, 0) is 9.53 Å². The van der Waals surface area contributed by atoms with E-state index in [-0.39, 0.29) is 5.97 Å². The largest absolute Gasteiger partial charge is 0.466 e. The molecule has 2 nitrogen and oxygen atoms in total. The fraction of sp³-hybridized carbons (Fsp3) is 0.583. The van der Waals surface area contributed by atoms with E-state index < -0.39 is 0 Å². The van der Waals surface area contributed by atoms with Crippen molar-refractivity contribution in [3.05, 3.63) is 23.8 Å². The van der Waals surface area contributed by atoms with Crippen LogP contribution in [0.25, 0.3) is 0 Å². The summed E-state index contributed by atoms with van der Waals surface area (Å²) in [6.45, 7) is 10.1. The highest BCUT2D eigenvalue weighted by molar-refractivity contribution is 5.72. The summed E-state index contributed by atoms with van der Waals surface area (Å²) < 4.78 is 4.84. The van der Waals surface area contributed by atoms with Crippen molar-refractivity contribution in [3.63, 3.8) is 0 Å². The van der Waals surface area contributed by atoms with Crippen molar-refractivity contribution in [1.29, 1.82) is 0 Å². The molecule has 0 aromatic heterocycles. The molecule has 0 rings (SSSR count). The molecule has 0 N–H and O–H groups in total. The zero-order chi connectivity index (χ0) is 11.0. The van der Waals surface area contributed by atoms with Crippen molar-refractivity contribution < 1.29 is 9.53 Å². The first-order valence-corrected chi connectivity index (χ1v) is 5.02. The SMILES string of the molecule is C=C(C)CC/C=C(/C)CC(=O)OCC. The average molecular weight is 196 g/mol. The van der Waals surface area contributed by atoms with Crippen molar-refractivity contribution in [2.45, 2.75) is 40.0 Å². The van der Waals surface area contributed by atoms with Gasteiger partial charge < -0.3 is 4.74 Å². The average Bonchev–Trinajstić information content (AvgIpc) is 2.03. The van der Waals surface area contributed by atoms with E-state index in [9.17, 15) is 4.79 Å². The molecule has 0 aliphatic rings. The molecule has 0 radical (unpaired) electrons. The molecule has 0 aliphatic carbocycles. The first-order valence-electron chi connectivity index (χ1n) is 5.02. The van der Waals surface area contributed by atoms with Crippen LogP contribution in [0.3, 0.4) is 0 Å². The highest BCUT2D eigenvalue weighted by Gasteiger charge is 2.01. The van der Waals surface area contributed by atoms with Gasteiger partial charge in [0.25, 0.3) is 0 Å². The van der Waals surface area contributed by atoms with Crippen LogP contribution in [-0.4, -0.2) is 12.6 Å². The maximum Gasteiger partial charge on any atom is 0.309 e. The van der Waals surface area contributed by atoms with E-state index in [1.165, 1.54) is 5.57 Å². The van der Waals surface area contributed by atoms with Gasteiger partial charge in [0.2, 0.25) is 0 Å². The summed E-state index contributed by atoms with van der Waals surface area (Å²) in [5, 5.41) is 0. The van der Waals surface area contributed by atoms with Gasteiger partial charge in [-0.3, -0.25) is 4.79 Å². The van der Waals surface area contributed by atoms with Crippen LogP contribution < -0.4 is 0 Å². The number of carbonyl (C=O) groups excluding carboxylic acids is 1. The Hall–Kier alpha value is -1.05. The Labute approximate surface area is 86.6 Å². The van der Waals surface area contributed by atoms with Crippen molar-refractivity contribution >= 4 is 5.97 Å². The van der Waals surface area contributed by atoms with Crippen molar-refractivity contribution in [1.82, 2.24) is 0 Å². The molecule has 0 aromatic rings. The number of carbonyl (C=O) groups is 1. The van der Waals surface area contributed by atoms with Crippen LogP contribution in [0.15, 0.2) is 23.8 Å².